The standard InChI is InChI=1S/C10H13NO3S/c12-9-1-3-10(4-2-9)15(13,14)7-8-5-6-11-8/h1-4,8,11-12H,5-7H2. The molecule has 1 aliphatic heterocycles. The number of aromatic hydroxyl groups is 1. The smallest absolute Gasteiger partial charge is 0.179 e. The minimum Gasteiger partial charge on any atom is -0.508 e. The Hall–Kier alpha value is -1.07. The first-order valence-electron chi connectivity index (χ1n) is 4.83. The summed E-state index contributed by atoms with van der Waals surface area (Å²) in [5.74, 6) is 0.216. The van der Waals surface area contributed by atoms with E-state index in [-0.39, 0.29) is 22.4 Å². The van der Waals surface area contributed by atoms with E-state index in [0.717, 1.165) is 13.0 Å². The fourth-order valence-electron chi connectivity index (χ4n) is 1.51. The van der Waals surface area contributed by atoms with E-state index >= 15 is 0 Å². The molecule has 0 saturated carbocycles. The number of hydrogen-bond acceptors (Lipinski definition) is 4. The van der Waals surface area contributed by atoms with Crippen molar-refractivity contribution in [2.45, 2.75) is 17.4 Å². The van der Waals surface area contributed by atoms with Crippen LogP contribution in [0.15, 0.2) is 29.2 Å². The molecule has 1 aromatic carbocycles. The summed E-state index contributed by atoms with van der Waals surface area (Å²) in [6.07, 6.45) is 0.914. The normalized spacial score (nSPS) is 20.9. The van der Waals surface area contributed by atoms with Gasteiger partial charge in [0.15, 0.2) is 9.84 Å². The topological polar surface area (TPSA) is 66.4 Å². The Morgan fingerprint density at radius 1 is 1.33 bits per heavy atom. The molecule has 1 fully saturated rings. The summed E-state index contributed by atoms with van der Waals surface area (Å²) in [7, 11) is -3.21. The molecule has 0 amide bonds. The summed E-state index contributed by atoms with van der Waals surface area (Å²) < 4.78 is 23.7. The van der Waals surface area contributed by atoms with Crippen molar-refractivity contribution in [3.8, 4) is 5.75 Å². The van der Waals surface area contributed by atoms with Crippen molar-refractivity contribution in [3.63, 3.8) is 0 Å². The number of rotatable bonds is 3. The van der Waals surface area contributed by atoms with Gasteiger partial charge in [-0.1, -0.05) is 0 Å². The van der Waals surface area contributed by atoms with E-state index in [1.807, 2.05) is 0 Å². The van der Waals surface area contributed by atoms with E-state index in [9.17, 15) is 8.42 Å². The number of phenols is 1. The highest BCUT2D eigenvalue weighted by molar-refractivity contribution is 7.91. The van der Waals surface area contributed by atoms with Crippen molar-refractivity contribution in [1.82, 2.24) is 5.32 Å². The molecule has 0 radical (unpaired) electrons. The molecule has 1 aliphatic rings. The molecule has 0 aromatic heterocycles. The minimum absolute atomic E-state index is 0.0794. The Balaban J connectivity index is 2.17. The van der Waals surface area contributed by atoms with Crippen molar-refractivity contribution >= 4 is 9.84 Å². The van der Waals surface area contributed by atoms with Crippen molar-refractivity contribution < 1.29 is 13.5 Å². The Kier molecular flexibility index (Phi) is 2.67. The molecular formula is C10H13NO3S. The Labute approximate surface area is 88.9 Å². The van der Waals surface area contributed by atoms with Gasteiger partial charge in [-0.15, -0.1) is 0 Å². The summed E-state index contributed by atoms with van der Waals surface area (Å²) in [5, 5.41) is 12.1. The van der Waals surface area contributed by atoms with Gasteiger partial charge in [-0.25, -0.2) is 8.42 Å². The number of benzene rings is 1. The van der Waals surface area contributed by atoms with Crippen LogP contribution in [0.3, 0.4) is 0 Å². The van der Waals surface area contributed by atoms with Crippen LogP contribution < -0.4 is 5.32 Å². The number of hydrogen-bond donors (Lipinski definition) is 2. The minimum atomic E-state index is -3.21. The highest BCUT2D eigenvalue weighted by atomic mass is 32.2. The molecule has 2 rings (SSSR count). The van der Waals surface area contributed by atoms with Crippen LogP contribution in [-0.2, 0) is 9.84 Å². The molecule has 1 heterocycles. The van der Waals surface area contributed by atoms with Crippen molar-refractivity contribution in [3.05, 3.63) is 24.3 Å². The fraction of sp³-hybridized carbons (Fsp3) is 0.400. The highest BCUT2D eigenvalue weighted by Crippen LogP contribution is 2.18. The lowest BCUT2D eigenvalue weighted by atomic mass is 10.1. The van der Waals surface area contributed by atoms with Crippen LogP contribution in [0.5, 0.6) is 5.75 Å². The summed E-state index contributed by atoms with van der Waals surface area (Å²) in [6, 6.07) is 5.73. The van der Waals surface area contributed by atoms with E-state index in [4.69, 9.17) is 5.11 Å². The first-order chi connectivity index (χ1) is 7.08. The molecule has 0 aliphatic carbocycles. The molecule has 82 valence electrons. The van der Waals surface area contributed by atoms with Crippen LogP contribution in [0.4, 0.5) is 0 Å². The van der Waals surface area contributed by atoms with Gasteiger partial charge in [-0.05, 0) is 37.2 Å². The second kappa shape index (κ2) is 3.83. The maximum Gasteiger partial charge on any atom is 0.179 e. The van der Waals surface area contributed by atoms with Gasteiger partial charge in [0.2, 0.25) is 0 Å². The van der Waals surface area contributed by atoms with Crippen LogP contribution in [0.1, 0.15) is 6.42 Å². The van der Waals surface area contributed by atoms with Gasteiger partial charge in [0.25, 0.3) is 0 Å². The lowest BCUT2D eigenvalue weighted by Crippen LogP contribution is -2.47. The number of sulfone groups is 1. The Bertz CT molecular complexity index is 434. The Morgan fingerprint density at radius 3 is 2.40 bits per heavy atom. The highest BCUT2D eigenvalue weighted by Gasteiger charge is 2.25. The average Bonchev–Trinajstić information content (AvgIpc) is 2.13. The molecule has 15 heavy (non-hydrogen) atoms. The lowest BCUT2D eigenvalue weighted by molar-refractivity contribution is 0.399. The molecule has 1 saturated heterocycles. The van der Waals surface area contributed by atoms with E-state index in [0.29, 0.717) is 0 Å². The van der Waals surface area contributed by atoms with Crippen LogP contribution in [-0.4, -0.2) is 31.9 Å². The number of phenolic OH excluding ortho intramolecular Hbond substituents is 1. The van der Waals surface area contributed by atoms with Crippen molar-refractivity contribution in [1.29, 1.82) is 0 Å². The fourth-order valence-corrected chi connectivity index (χ4v) is 3.06. The molecule has 5 heteroatoms. The van der Waals surface area contributed by atoms with Crippen LogP contribution in [0.25, 0.3) is 0 Å². The van der Waals surface area contributed by atoms with Gasteiger partial charge >= 0.3 is 0 Å². The number of nitrogens with one attached hydrogen (secondary N) is 1. The van der Waals surface area contributed by atoms with Gasteiger partial charge in [-0.2, -0.15) is 0 Å². The molecule has 1 unspecified atom stereocenters. The summed E-state index contributed by atoms with van der Waals surface area (Å²) in [6.45, 7) is 0.899. The quantitative estimate of drug-likeness (QED) is 0.790. The molecule has 4 nitrogen and oxygen atoms in total. The van der Waals surface area contributed by atoms with Crippen molar-refractivity contribution in [2.75, 3.05) is 12.3 Å². The zero-order valence-corrected chi connectivity index (χ0v) is 9.00. The van der Waals surface area contributed by atoms with Crippen LogP contribution in [0, 0.1) is 0 Å². The molecule has 0 bridgehead atoms. The predicted molar refractivity (Wildman–Crippen MR) is 56.6 cm³/mol. The molecular weight excluding hydrogens is 214 g/mol. The van der Waals surface area contributed by atoms with Gasteiger partial charge < -0.3 is 10.4 Å². The molecule has 0 spiro atoms. The summed E-state index contributed by atoms with van der Waals surface area (Å²) in [4.78, 5) is 0.272. The third-order valence-corrected chi connectivity index (χ3v) is 4.37. The van der Waals surface area contributed by atoms with Gasteiger partial charge in [0.05, 0.1) is 10.6 Å². The zero-order valence-electron chi connectivity index (χ0n) is 8.18. The maximum atomic E-state index is 11.8. The summed E-state index contributed by atoms with van der Waals surface area (Å²) in [5.41, 5.74) is 0. The van der Waals surface area contributed by atoms with Crippen LogP contribution >= 0.6 is 0 Å². The van der Waals surface area contributed by atoms with Crippen molar-refractivity contribution in [2.24, 2.45) is 0 Å². The van der Waals surface area contributed by atoms with Gasteiger partial charge in [0.1, 0.15) is 5.75 Å². The van der Waals surface area contributed by atoms with Crippen LogP contribution in [0.2, 0.25) is 0 Å². The lowest BCUT2D eigenvalue weighted by Gasteiger charge is -2.27. The average molecular weight is 227 g/mol. The third kappa shape index (κ3) is 2.30. The van der Waals surface area contributed by atoms with Gasteiger partial charge in [-0.3, -0.25) is 0 Å². The Morgan fingerprint density at radius 2 is 1.93 bits per heavy atom. The molecule has 2 N–H and O–H groups in total. The molecule has 1 aromatic rings. The van der Waals surface area contributed by atoms with E-state index in [1.54, 1.807) is 0 Å². The maximum absolute atomic E-state index is 11.8. The SMILES string of the molecule is O=S(=O)(CC1CCN1)c1ccc(O)cc1. The first kappa shape index (κ1) is 10.4. The predicted octanol–water partition coefficient (Wildman–Crippen LogP) is 0.528. The second-order valence-electron chi connectivity index (χ2n) is 3.72. The largest absolute Gasteiger partial charge is 0.508 e. The van der Waals surface area contributed by atoms with E-state index < -0.39 is 9.84 Å². The molecule has 1 atom stereocenters. The van der Waals surface area contributed by atoms with E-state index in [1.165, 1.54) is 24.3 Å². The van der Waals surface area contributed by atoms with E-state index in [2.05, 4.69) is 5.32 Å². The zero-order chi connectivity index (χ0) is 10.9. The third-order valence-electron chi connectivity index (χ3n) is 2.54. The second-order valence-corrected chi connectivity index (χ2v) is 5.75. The summed E-state index contributed by atoms with van der Waals surface area (Å²) >= 11 is 0. The first-order valence-corrected chi connectivity index (χ1v) is 6.48. The monoisotopic (exact) mass is 227 g/mol. The van der Waals surface area contributed by atoms with Gasteiger partial charge in [0, 0.05) is 6.04 Å².